The molecule has 1 aliphatic rings. The van der Waals surface area contributed by atoms with Crippen LogP contribution in [0.1, 0.15) is 25.5 Å². The number of piperidine rings is 1. The fraction of sp³-hybridized carbons (Fsp3) is 0.667. The van der Waals surface area contributed by atoms with E-state index in [1.165, 1.54) is 12.8 Å². The number of ether oxygens (including phenoxy) is 1. The summed E-state index contributed by atoms with van der Waals surface area (Å²) in [5, 5.41) is 3.32. The Labute approximate surface area is 116 Å². The minimum atomic E-state index is 0.714. The molecule has 0 aliphatic carbocycles. The minimum absolute atomic E-state index is 0.714. The summed E-state index contributed by atoms with van der Waals surface area (Å²) in [4.78, 5) is 7.13. The first-order valence-electron chi connectivity index (χ1n) is 7.24. The van der Waals surface area contributed by atoms with Crippen molar-refractivity contribution < 1.29 is 4.74 Å². The van der Waals surface area contributed by atoms with Gasteiger partial charge in [0.25, 0.3) is 0 Å². The minimum Gasteiger partial charge on any atom is -0.384 e. The first-order valence-corrected chi connectivity index (χ1v) is 7.24. The molecule has 0 saturated carbocycles. The van der Waals surface area contributed by atoms with Crippen molar-refractivity contribution in [3.63, 3.8) is 0 Å². The second-order valence-electron chi connectivity index (χ2n) is 5.15. The first kappa shape index (κ1) is 14.3. The van der Waals surface area contributed by atoms with E-state index < -0.39 is 0 Å². The molecular formula is C15H25N3O. The number of nitrogens with zero attached hydrogens (tertiary/aromatic N) is 2. The average molecular weight is 263 g/mol. The average Bonchev–Trinajstić information content (AvgIpc) is 2.46. The van der Waals surface area contributed by atoms with Gasteiger partial charge in [0.1, 0.15) is 5.82 Å². The van der Waals surface area contributed by atoms with Crippen molar-refractivity contribution in [1.82, 2.24) is 10.3 Å². The Hall–Kier alpha value is -1.13. The lowest BCUT2D eigenvalue weighted by molar-refractivity contribution is 0.139. The lowest BCUT2D eigenvalue weighted by Gasteiger charge is -2.32. The van der Waals surface area contributed by atoms with Crippen LogP contribution in [0.15, 0.2) is 18.2 Å². The van der Waals surface area contributed by atoms with E-state index in [4.69, 9.17) is 9.72 Å². The SMILES string of the molecule is CCNCc1cccc(N2CCC(COC)CC2)n1. The summed E-state index contributed by atoms with van der Waals surface area (Å²) < 4.78 is 5.24. The Kier molecular flexibility index (Phi) is 5.61. The van der Waals surface area contributed by atoms with E-state index in [-0.39, 0.29) is 0 Å². The fourth-order valence-electron chi connectivity index (χ4n) is 2.56. The van der Waals surface area contributed by atoms with E-state index in [2.05, 4.69) is 35.3 Å². The third-order valence-corrected chi connectivity index (χ3v) is 3.69. The van der Waals surface area contributed by atoms with Crippen molar-refractivity contribution >= 4 is 5.82 Å². The monoisotopic (exact) mass is 263 g/mol. The maximum absolute atomic E-state index is 5.24. The second-order valence-corrected chi connectivity index (χ2v) is 5.15. The van der Waals surface area contributed by atoms with Crippen molar-refractivity contribution in [1.29, 1.82) is 0 Å². The van der Waals surface area contributed by atoms with Gasteiger partial charge in [0.2, 0.25) is 0 Å². The molecule has 2 heterocycles. The number of pyridine rings is 1. The van der Waals surface area contributed by atoms with Crippen LogP contribution in [0.5, 0.6) is 0 Å². The zero-order valence-electron chi connectivity index (χ0n) is 12.1. The highest BCUT2D eigenvalue weighted by Crippen LogP contribution is 2.22. The molecule has 0 bridgehead atoms. The van der Waals surface area contributed by atoms with Crippen molar-refractivity contribution in [3.05, 3.63) is 23.9 Å². The Morgan fingerprint density at radius 1 is 1.37 bits per heavy atom. The van der Waals surface area contributed by atoms with E-state index in [9.17, 15) is 0 Å². The standard InChI is InChI=1S/C15H25N3O/c1-3-16-11-14-5-4-6-15(17-14)18-9-7-13(8-10-18)12-19-2/h4-6,13,16H,3,7-12H2,1-2H3. The molecule has 1 aromatic rings. The largest absolute Gasteiger partial charge is 0.384 e. The van der Waals surface area contributed by atoms with E-state index >= 15 is 0 Å². The summed E-state index contributed by atoms with van der Waals surface area (Å²) in [5.74, 6) is 1.83. The van der Waals surface area contributed by atoms with Gasteiger partial charge in [-0.1, -0.05) is 13.0 Å². The highest BCUT2D eigenvalue weighted by Gasteiger charge is 2.19. The van der Waals surface area contributed by atoms with Crippen LogP contribution in [0.4, 0.5) is 5.82 Å². The van der Waals surface area contributed by atoms with Gasteiger partial charge in [-0.05, 0) is 37.4 Å². The molecule has 1 saturated heterocycles. The molecule has 2 rings (SSSR count). The van der Waals surface area contributed by atoms with Gasteiger partial charge in [-0.15, -0.1) is 0 Å². The van der Waals surface area contributed by atoms with E-state index in [1.807, 2.05) is 0 Å². The molecule has 106 valence electrons. The number of nitrogens with one attached hydrogen (secondary N) is 1. The number of methoxy groups -OCH3 is 1. The zero-order chi connectivity index (χ0) is 13.5. The third kappa shape index (κ3) is 4.18. The molecule has 0 unspecified atom stereocenters. The van der Waals surface area contributed by atoms with Crippen LogP contribution in [0.3, 0.4) is 0 Å². The highest BCUT2D eigenvalue weighted by molar-refractivity contribution is 5.39. The first-order chi connectivity index (χ1) is 9.33. The normalized spacial score (nSPS) is 16.8. The molecule has 1 aromatic heterocycles. The lowest BCUT2D eigenvalue weighted by atomic mass is 9.98. The number of hydrogen-bond acceptors (Lipinski definition) is 4. The molecule has 0 aromatic carbocycles. The Bertz CT molecular complexity index is 375. The predicted molar refractivity (Wildman–Crippen MR) is 78.4 cm³/mol. The molecule has 19 heavy (non-hydrogen) atoms. The Balaban J connectivity index is 1.91. The zero-order valence-corrected chi connectivity index (χ0v) is 12.1. The number of aromatic nitrogens is 1. The summed E-state index contributed by atoms with van der Waals surface area (Å²) in [6.45, 7) is 7.02. The molecule has 1 aliphatic heterocycles. The van der Waals surface area contributed by atoms with Crippen LogP contribution >= 0.6 is 0 Å². The molecule has 0 radical (unpaired) electrons. The van der Waals surface area contributed by atoms with Gasteiger partial charge in [-0.3, -0.25) is 0 Å². The quantitative estimate of drug-likeness (QED) is 0.852. The summed E-state index contributed by atoms with van der Waals surface area (Å²) >= 11 is 0. The van der Waals surface area contributed by atoms with Gasteiger partial charge >= 0.3 is 0 Å². The van der Waals surface area contributed by atoms with Crippen LogP contribution in [-0.4, -0.2) is 38.3 Å². The van der Waals surface area contributed by atoms with Crippen LogP contribution in [0.25, 0.3) is 0 Å². The Morgan fingerprint density at radius 3 is 2.84 bits per heavy atom. The van der Waals surface area contributed by atoms with Gasteiger partial charge in [-0.25, -0.2) is 4.98 Å². The smallest absolute Gasteiger partial charge is 0.128 e. The fourth-order valence-corrected chi connectivity index (χ4v) is 2.56. The Morgan fingerprint density at radius 2 is 2.16 bits per heavy atom. The molecule has 4 nitrogen and oxygen atoms in total. The number of rotatable bonds is 6. The van der Waals surface area contributed by atoms with E-state index in [0.717, 1.165) is 44.3 Å². The molecule has 1 N–H and O–H groups in total. The highest BCUT2D eigenvalue weighted by atomic mass is 16.5. The van der Waals surface area contributed by atoms with Crippen molar-refractivity contribution in [3.8, 4) is 0 Å². The topological polar surface area (TPSA) is 37.4 Å². The molecule has 0 atom stereocenters. The van der Waals surface area contributed by atoms with Gasteiger partial charge in [-0.2, -0.15) is 0 Å². The van der Waals surface area contributed by atoms with E-state index in [1.54, 1.807) is 7.11 Å². The van der Waals surface area contributed by atoms with E-state index in [0.29, 0.717) is 5.92 Å². The second kappa shape index (κ2) is 7.46. The molecular weight excluding hydrogens is 238 g/mol. The maximum atomic E-state index is 5.24. The summed E-state index contributed by atoms with van der Waals surface area (Å²) in [6, 6.07) is 6.31. The van der Waals surface area contributed by atoms with Crippen LogP contribution in [0.2, 0.25) is 0 Å². The summed E-state index contributed by atoms with van der Waals surface area (Å²) in [7, 11) is 1.79. The summed E-state index contributed by atoms with van der Waals surface area (Å²) in [6.07, 6.45) is 2.40. The van der Waals surface area contributed by atoms with Gasteiger partial charge < -0.3 is 15.0 Å². The van der Waals surface area contributed by atoms with Crippen LogP contribution in [-0.2, 0) is 11.3 Å². The number of hydrogen-bond donors (Lipinski definition) is 1. The molecule has 0 spiro atoms. The van der Waals surface area contributed by atoms with Crippen molar-refractivity contribution in [2.75, 3.05) is 38.3 Å². The van der Waals surface area contributed by atoms with Gasteiger partial charge in [0.05, 0.1) is 5.69 Å². The molecule has 4 heteroatoms. The van der Waals surface area contributed by atoms with Gasteiger partial charge in [0, 0.05) is 33.4 Å². The molecule has 1 fully saturated rings. The maximum Gasteiger partial charge on any atom is 0.128 e. The third-order valence-electron chi connectivity index (χ3n) is 3.69. The van der Waals surface area contributed by atoms with Crippen molar-refractivity contribution in [2.24, 2.45) is 5.92 Å². The van der Waals surface area contributed by atoms with Gasteiger partial charge in [0.15, 0.2) is 0 Å². The summed E-state index contributed by atoms with van der Waals surface area (Å²) in [5.41, 5.74) is 1.12. The van der Waals surface area contributed by atoms with Crippen molar-refractivity contribution in [2.45, 2.75) is 26.3 Å². The van der Waals surface area contributed by atoms with Crippen LogP contribution < -0.4 is 10.2 Å². The number of anilines is 1. The van der Waals surface area contributed by atoms with Crippen LogP contribution in [0, 0.1) is 5.92 Å². The molecule has 0 amide bonds. The predicted octanol–water partition coefficient (Wildman–Crippen LogP) is 2.05. The lowest BCUT2D eigenvalue weighted by Crippen LogP contribution is -2.35.